The number of nitrogens with one attached hydrogen (secondary N) is 1. The van der Waals surface area contributed by atoms with Crippen LogP contribution in [0.5, 0.6) is 5.75 Å². The van der Waals surface area contributed by atoms with Crippen molar-refractivity contribution in [1.29, 1.82) is 0 Å². The van der Waals surface area contributed by atoms with E-state index in [0.717, 1.165) is 5.56 Å². The Morgan fingerprint density at radius 3 is 2.67 bits per heavy atom. The fourth-order valence-electron chi connectivity index (χ4n) is 2.15. The smallest absolute Gasteiger partial charge is 0.320 e. The van der Waals surface area contributed by atoms with Crippen molar-refractivity contribution in [2.45, 2.75) is 38.8 Å². The van der Waals surface area contributed by atoms with Gasteiger partial charge in [0.05, 0.1) is 13.2 Å². The highest BCUT2D eigenvalue weighted by Crippen LogP contribution is 2.21. The molecule has 1 rings (SSSR count). The second kappa shape index (κ2) is 8.64. The number of aliphatic hydroxyl groups is 1. The van der Waals surface area contributed by atoms with Gasteiger partial charge < -0.3 is 20.3 Å². The van der Waals surface area contributed by atoms with Crippen LogP contribution in [0.2, 0.25) is 0 Å². The van der Waals surface area contributed by atoms with Crippen molar-refractivity contribution in [3.8, 4) is 5.75 Å². The second-order valence-corrected chi connectivity index (χ2v) is 5.56. The van der Waals surface area contributed by atoms with Gasteiger partial charge in [0.1, 0.15) is 11.8 Å². The Kier molecular flexibility index (Phi) is 7.19. The molecule has 0 aliphatic carbocycles. The molecule has 2 unspecified atom stereocenters. The lowest BCUT2D eigenvalue weighted by Crippen LogP contribution is -2.38. The Labute approximate surface area is 125 Å². The van der Waals surface area contributed by atoms with E-state index >= 15 is 0 Å². The van der Waals surface area contributed by atoms with Gasteiger partial charge >= 0.3 is 5.97 Å². The summed E-state index contributed by atoms with van der Waals surface area (Å²) in [7, 11) is 1.58. The molecular weight excluding hydrogens is 270 g/mol. The number of carboxylic acid groups (broad SMARTS) is 1. The maximum atomic E-state index is 11.1. The minimum atomic E-state index is -0.848. The fraction of sp³-hybridized carbons (Fsp3) is 0.562. The van der Waals surface area contributed by atoms with E-state index in [1.54, 1.807) is 13.2 Å². The second-order valence-electron chi connectivity index (χ2n) is 5.56. The number of carbonyl (C=O) groups is 1. The maximum absolute atomic E-state index is 11.1. The lowest BCUT2D eigenvalue weighted by molar-refractivity contribution is -0.139. The first-order valence-electron chi connectivity index (χ1n) is 7.22. The van der Waals surface area contributed by atoms with Gasteiger partial charge in [0.25, 0.3) is 0 Å². The summed E-state index contributed by atoms with van der Waals surface area (Å²) in [5, 5.41) is 22.3. The van der Waals surface area contributed by atoms with E-state index in [2.05, 4.69) is 5.32 Å². The van der Waals surface area contributed by atoms with Crippen LogP contribution >= 0.6 is 0 Å². The van der Waals surface area contributed by atoms with Crippen LogP contribution in [0.1, 0.15) is 38.4 Å². The van der Waals surface area contributed by atoms with Gasteiger partial charge in [-0.1, -0.05) is 26.0 Å². The van der Waals surface area contributed by atoms with E-state index in [9.17, 15) is 9.90 Å². The van der Waals surface area contributed by atoms with E-state index in [1.807, 2.05) is 32.0 Å². The molecule has 0 amide bonds. The third-order valence-electron chi connectivity index (χ3n) is 3.29. The molecule has 3 N–H and O–H groups in total. The van der Waals surface area contributed by atoms with Crippen molar-refractivity contribution >= 4 is 5.97 Å². The lowest BCUT2D eigenvalue weighted by atomic mass is 10.0. The van der Waals surface area contributed by atoms with Crippen molar-refractivity contribution in [3.05, 3.63) is 29.8 Å². The van der Waals surface area contributed by atoms with Crippen molar-refractivity contribution in [1.82, 2.24) is 5.32 Å². The lowest BCUT2D eigenvalue weighted by Gasteiger charge is -2.18. The molecule has 0 saturated heterocycles. The van der Waals surface area contributed by atoms with Gasteiger partial charge in [-0.05, 0) is 43.0 Å². The van der Waals surface area contributed by atoms with Gasteiger partial charge in [0.15, 0.2) is 0 Å². The first kappa shape index (κ1) is 17.5. The van der Waals surface area contributed by atoms with E-state index in [0.29, 0.717) is 31.1 Å². The number of ether oxygens (including phenoxy) is 1. The fourth-order valence-corrected chi connectivity index (χ4v) is 2.15. The highest BCUT2D eigenvalue weighted by molar-refractivity contribution is 5.73. The summed E-state index contributed by atoms with van der Waals surface area (Å²) in [4.78, 5) is 11.1. The van der Waals surface area contributed by atoms with Crippen LogP contribution in [0, 0.1) is 5.92 Å². The topological polar surface area (TPSA) is 78.8 Å². The van der Waals surface area contributed by atoms with E-state index in [4.69, 9.17) is 9.84 Å². The third-order valence-corrected chi connectivity index (χ3v) is 3.29. The number of carboxylic acids is 1. The predicted molar refractivity (Wildman–Crippen MR) is 81.5 cm³/mol. The van der Waals surface area contributed by atoms with Crippen LogP contribution in [0.3, 0.4) is 0 Å². The molecule has 118 valence electrons. The normalized spacial score (nSPS) is 14.0. The highest BCUT2D eigenvalue weighted by Gasteiger charge is 2.18. The summed E-state index contributed by atoms with van der Waals surface area (Å²) < 4.78 is 5.12. The first-order valence-corrected chi connectivity index (χ1v) is 7.22. The molecule has 1 aromatic rings. The molecule has 0 aromatic heterocycles. The third kappa shape index (κ3) is 6.14. The Hall–Kier alpha value is -1.59. The Morgan fingerprint density at radius 2 is 2.10 bits per heavy atom. The summed E-state index contributed by atoms with van der Waals surface area (Å²) in [5.41, 5.74) is 0.770. The summed E-state index contributed by atoms with van der Waals surface area (Å²) in [6.07, 6.45) is 0.390. The summed E-state index contributed by atoms with van der Waals surface area (Å²) in [6.45, 7) is 4.42. The van der Waals surface area contributed by atoms with E-state index in [-0.39, 0.29) is 0 Å². The van der Waals surface area contributed by atoms with Crippen molar-refractivity contribution < 1.29 is 19.7 Å². The largest absolute Gasteiger partial charge is 0.497 e. The van der Waals surface area contributed by atoms with Gasteiger partial charge in [-0.3, -0.25) is 4.79 Å². The van der Waals surface area contributed by atoms with E-state index in [1.165, 1.54) is 0 Å². The average Bonchev–Trinajstić information content (AvgIpc) is 2.45. The molecule has 21 heavy (non-hydrogen) atoms. The number of rotatable bonds is 9. The first-order chi connectivity index (χ1) is 9.93. The van der Waals surface area contributed by atoms with Gasteiger partial charge in [-0.15, -0.1) is 0 Å². The molecule has 2 atom stereocenters. The number of benzene rings is 1. The molecule has 0 radical (unpaired) electrons. The van der Waals surface area contributed by atoms with Crippen molar-refractivity contribution in [2.24, 2.45) is 5.92 Å². The molecule has 5 nitrogen and oxygen atoms in total. The molecule has 0 bridgehead atoms. The number of aliphatic hydroxyl groups excluding tert-OH is 1. The SMILES string of the molecule is COc1cccc(C(O)CCNC(CC(C)C)C(=O)O)c1. The zero-order chi connectivity index (χ0) is 15.8. The van der Waals surface area contributed by atoms with Gasteiger partial charge in [0.2, 0.25) is 0 Å². The molecule has 0 fully saturated rings. The highest BCUT2D eigenvalue weighted by atomic mass is 16.5. The number of hydrogen-bond donors (Lipinski definition) is 3. The van der Waals surface area contributed by atoms with Crippen LogP contribution in [0.4, 0.5) is 0 Å². The van der Waals surface area contributed by atoms with Crippen molar-refractivity contribution in [3.63, 3.8) is 0 Å². The minimum absolute atomic E-state index is 0.307. The van der Waals surface area contributed by atoms with Crippen LogP contribution in [0.15, 0.2) is 24.3 Å². The maximum Gasteiger partial charge on any atom is 0.320 e. The van der Waals surface area contributed by atoms with Crippen LogP contribution in [-0.4, -0.2) is 35.9 Å². The van der Waals surface area contributed by atoms with Gasteiger partial charge in [-0.25, -0.2) is 0 Å². The number of hydrogen-bond acceptors (Lipinski definition) is 4. The Morgan fingerprint density at radius 1 is 1.38 bits per heavy atom. The molecule has 0 aliphatic heterocycles. The molecule has 0 spiro atoms. The van der Waals surface area contributed by atoms with E-state index < -0.39 is 18.1 Å². The van der Waals surface area contributed by atoms with Gasteiger partial charge in [-0.2, -0.15) is 0 Å². The molecule has 1 aromatic carbocycles. The Bertz CT molecular complexity index is 448. The van der Waals surface area contributed by atoms with Crippen LogP contribution in [-0.2, 0) is 4.79 Å². The molecule has 0 aliphatic rings. The average molecular weight is 295 g/mol. The molecule has 0 saturated carbocycles. The molecule has 0 heterocycles. The van der Waals surface area contributed by atoms with Crippen LogP contribution < -0.4 is 10.1 Å². The number of methoxy groups -OCH3 is 1. The van der Waals surface area contributed by atoms with Crippen molar-refractivity contribution in [2.75, 3.05) is 13.7 Å². The van der Waals surface area contributed by atoms with Gasteiger partial charge in [0, 0.05) is 0 Å². The number of aliphatic carboxylic acids is 1. The minimum Gasteiger partial charge on any atom is -0.497 e. The standard InChI is InChI=1S/C16H25NO4/c1-11(2)9-14(16(19)20)17-8-7-15(18)12-5-4-6-13(10-12)21-3/h4-6,10-11,14-15,17-18H,7-9H2,1-3H3,(H,19,20). The summed E-state index contributed by atoms with van der Waals surface area (Å²) in [5.74, 6) is 0.157. The monoisotopic (exact) mass is 295 g/mol. The van der Waals surface area contributed by atoms with Crippen LogP contribution in [0.25, 0.3) is 0 Å². The molecule has 5 heteroatoms. The summed E-state index contributed by atoms with van der Waals surface area (Å²) in [6, 6.07) is 6.69. The zero-order valence-electron chi connectivity index (χ0n) is 12.9. The zero-order valence-corrected chi connectivity index (χ0v) is 12.9. The summed E-state index contributed by atoms with van der Waals surface area (Å²) >= 11 is 0. The Balaban J connectivity index is 2.47. The predicted octanol–water partition coefficient (Wildman–Crippen LogP) is 2.21. The molecular formula is C16H25NO4. The quantitative estimate of drug-likeness (QED) is 0.651.